The molecule has 2 rings (SSSR count). The van der Waals surface area contributed by atoms with E-state index in [0.29, 0.717) is 17.6 Å². The standard InChI is InChI=1S/C15H23NO3/c1-9(2)11-7-16-8-12-10(11)6-13(17-3)15(19-5)14(12)18-4/h6,9,11,16H,7-8H2,1-5H3. The normalized spacial score (nSPS) is 18.1. The van der Waals surface area contributed by atoms with Crippen molar-refractivity contribution >= 4 is 0 Å². The molecule has 0 aromatic heterocycles. The van der Waals surface area contributed by atoms with E-state index in [1.54, 1.807) is 21.3 Å². The van der Waals surface area contributed by atoms with Crippen LogP contribution in [0.2, 0.25) is 0 Å². The topological polar surface area (TPSA) is 39.7 Å². The van der Waals surface area contributed by atoms with Crippen LogP contribution in [-0.4, -0.2) is 27.9 Å². The van der Waals surface area contributed by atoms with E-state index in [0.717, 1.165) is 24.6 Å². The molecule has 4 nitrogen and oxygen atoms in total. The number of ether oxygens (including phenoxy) is 3. The van der Waals surface area contributed by atoms with E-state index >= 15 is 0 Å². The quantitative estimate of drug-likeness (QED) is 0.908. The monoisotopic (exact) mass is 265 g/mol. The van der Waals surface area contributed by atoms with Crippen molar-refractivity contribution in [2.45, 2.75) is 26.3 Å². The van der Waals surface area contributed by atoms with Gasteiger partial charge in [0.25, 0.3) is 0 Å². The van der Waals surface area contributed by atoms with E-state index in [2.05, 4.69) is 25.2 Å². The predicted molar refractivity (Wildman–Crippen MR) is 75.4 cm³/mol. The minimum absolute atomic E-state index is 0.470. The van der Waals surface area contributed by atoms with Crippen molar-refractivity contribution in [1.29, 1.82) is 0 Å². The van der Waals surface area contributed by atoms with Crippen molar-refractivity contribution in [3.8, 4) is 17.2 Å². The molecule has 0 spiro atoms. The van der Waals surface area contributed by atoms with Gasteiger partial charge in [-0.3, -0.25) is 0 Å². The molecule has 1 atom stereocenters. The van der Waals surface area contributed by atoms with Crippen molar-refractivity contribution < 1.29 is 14.2 Å². The number of rotatable bonds is 4. The summed E-state index contributed by atoms with van der Waals surface area (Å²) in [5.41, 5.74) is 2.49. The lowest BCUT2D eigenvalue weighted by molar-refractivity contribution is 0.315. The maximum Gasteiger partial charge on any atom is 0.203 e. The summed E-state index contributed by atoms with van der Waals surface area (Å²) >= 11 is 0. The van der Waals surface area contributed by atoms with Gasteiger partial charge in [-0.25, -0.2) is 0 Å². The Hall–Kier alpha value is -1.42. The summed E-state index contributed by atoms with van der Waals surface area (Å²) in [5.74, 6) is 3.24. The van der Waals surface area contributed by atoms with Crippen LogP contribution in [0.1, 0.15) is 30.9 Å². The molecule has 1 heterocycles. The highest BCUT2D eigenvalue weighted by Crippen LogP contribution is 2.46. The highest BCUT2D eigenvalue weighted by atomic mass is 16.5. The average Bonchev–Trinajstić information content (AvgIpc) is 2.43. The van der Waals surface area contributed by atoms with E-state index in [-0.39, 0.29) is 0 Å². The van der Waals surface area contributed by atoms with Crippen LogP contribution in [0, 0.1) is 5.92 Å². The number of benzene rings is 1. The second-order valence-electron chi connectivity index (χ2n) is 5.19. The maximum atomic E-state index is 5.56. The van der Waals surface area contributed by atoms with Crippen LogP contribution in [0.15, 0.2) is 6.07 Å². The van der Waals surface area contributed by atoms with Crippen LogP contribution in [0.3, 0.4) is 0 Å². The molecular weight excluding hydrogens is 242 g/mol. The van der Waals surface area contributed by atoms with Gasteiger partial charge in [-0.15, -0.1) is 0 Å². The highest BCUT2D eigenvalue weighted by Gasteiger charge is 2.29. The Labute approximate surface area is 115 Å². The molecule has 1 aromatic carbocycles. The van der Waals surface area contributed by atoms with Crippen LogP contribution >= 0.6 is 0 Å². The fourth-order valence-corrected chi connectivity index (χ4v) is 2.81. The van der Waals surface area contributed by atoms with Crippen LogP contribution in [0.25, 0.3) is 0 Å². The summed E-state index contributed by atoms with van der Waals surface area (Å²) in [6.45, 7) is 6.28. The fraction of sp³-hybridized carbons (Fsp3) is 0.600. The molecule has 0 fully saturated rings. The fourth-order valence-electron chi connectivity index (χ4n) is 2.81. The summed E-state index contributed by atoms with van der Waals surface area (Å²) in [7, 11) is 4.98. The van der Waals surface area contributed by atoms with Crippen LogP contribution in [0.4, 0.5) is 0 Å². The van der Waals surface area contributed by atoms with Gasteiger partial charge in [0.1, 0.15) is 0 Å². The molecule has 1 N–H and O–H groups in total. The molecule has 0 radical (unpaired) electrons. The number of nitrogens with one attached hydrogen (secondary N) is 1. The van der Waals surface area contributed by atoms with E-state index in [9.17, 15) is 0 Å². The van der Waals surface area contributed by atoms with Gasteiger partial charge < -0.3 is 19.5 Å². The molecule has 1 unspecified atom stereocenters. The molecule has 0 saturated carbocycles. The third kappa shape index (κ3) is 2.37. The maximum absolute atomic E-state index is 5.56. The molecule has 1 aliphatic heterocycles. The Bertz CT molecular complexity index is 457. The third-order valence-electron chi connectivity index (χ3n) is 3.84. The number of hydrogen-bond donors (Lipinski definition) is 1. The molecule has 1 aliphatic rings. The SMILES string of the molecule is COc1cc2c(c(OC)c1OC)CNCC2C(C)C. The van der Waals surface area contributed by atoms with Crippen LogP contribution in [-0.2, 0) is 6.54 Å². The third-order valence-corrected chi connectivity index (χ3v) is 3.84. The van der Waals surface area contributed by atoms with Gasteiger partial charge in [0.15, 0.2) is 11.5 Å². The average molecular weight is 265 g/mol. The largest absolute Gasteiger partial charge is 0.493 e. The van der Waals surface area contributed by atoms with Gasteiger partial charge in [0.05, 0.1) is 21.3 Å². The Morgan fingerprint density at radius 1 is 1.11 bits per heavy atom. The van der Waals surface area contributed by atoms with E-state index in [1.165, 1.54) is 11.1 Å². The molecular formula is C15H23NO3. The highest BCUT2D eigenvalue weighted by molar-refractivity contribution is 5.60. The van der Waals surface area contributed by atoms with Crippen molar-refractivity contribution in [2.24, 2.45) is 5.92 Å². The zero-order chi connectivity index (χ0) is 14.0. The molecule has 0 bridgehead atoms. The first kappa shape index (κ1) is 14.0. The molecule has 0 amide bonds. The first-order valence-corrected chi connectivity index (χ1v) is 6.66. The van der Waals surface area contributed by atoms with Crippen molar-refractivity contribution in [1.82, 2.24) is 5.32 Å². The zero-order valence-corrected chi connectivity index (χ0v) is 12.4. The van der Waals surface area contributed by atoms with Gasteiger partial charge in [-0.1, -0.05) is 13.8 Å². The van der Waals surface area contributed by atoms with Gasteiger partial charge in [-0.05, 0) is 23.5 Å². The summed E-state index contributed by atoms with van der Waals surface area (Å²) < 4.78 is 16.4. The zero-order valence-electron chi connectivity index (χ0n) is 12.4. The minimum atomic E-state index is 0.470. The molecule has 106 valence electrons. The van der Waals surface area contributed by atoms with Gasteiger partial charge in [-0.2, -0.15) is 0 Å². The minimum Gasteiger partial charge on any atom is -0.493 e. The smallest absolute Gasteiger partial charge is 0.203 e. The number of fused-ring (bicyclic) bond motifs is 1. The summed E-state index contributed by atoms with van der Waals surface area (Å²) in [6, 6.07) is 2.10. The first-order chi connectivity index (χ1) is 9.13. The number of hydrogen-bond acceptors (Lipinski definition) is 4. The molecule has 1 aromatic rings. The Morgan fingerprint density at radius 3 is 2.32 bits per heavy atom. The van der Waals surface area contributed by atoms with Crippen molar-refractivity contribution in [3.63, 3.8) is 0 Å². The second kappa shape index (κ2) is 5.70. The van der Waals surface area contributed by atoms with E-state index in [4.69, 9.17) is 14.2 Å². The van der Waals surface area contributed by atoms with Gasteiger partial charge in [0, 0.05) is 18.7 Å². The second-order valence-corrected chi connectivity index (χ2v) is 5.19. The summed E-state index contributed by atoms with van der Waals surface area (Å²) in [5, 5.41) is 3.46. The van der Waals surface area contributed by atoms with Gasteiger partial charge >= 0.3 is 0 Å². The lowest BCUT2D eigenvalue weighted by Crippen LogP contribution is -2.31. The summed E-state index contributed by atoms with van der Waals surface area (Å²) in [6.07, 6.45) is 0. The lowest BCUT2D eigenvalue weighted by Gasteiger charge is -2.31. The predicted octanol–water partition coefficient (Wildman–Crippen LogP) is 2.56. The van der Waals surface area contributed by atoms with Crippen molar-refractivity contribution in [3.05, 3.63) is 17.2 Å². The first-order valence-electron chi connectivity index (χ1n) is 6.66. The Kier molecular flexibility index (Phi) is 4.20. The Balaban J connectivity index is 2.63. The molecule has 0 aliphatic carbocycles. The van der Waals surface area contributed by atoms with Crippen LogP contribution in [0.5, 0.6) is 17.2 Å². The Morgan fingerprint density at radius 2 is 1.79 bits per heavy atom. The lowest BCUT2D eigenvalue weighted by atomic mass is 9.82. The summed E-state index contributed by atoms with van der Waals surface area (Å²) in [4.78, 5) is 0. The number of methoxy groups -OCH3 is 3. The van der Waals surface area contributed by atoms with Crippen molar-refractivity contribution in [2.75, 3.05) is 27.9 Å². The van der Waals surface area contributed by atoms with Gasteiger partial charge in [0.2, 0.25) is 5.75 Å². The van der Waals surface area contributed by atoms with Crippen LogP contribution < -0.4 is 19.5 Å². The van der Waals surface area contributed by atoms with E-state index in [1.807, 2.05) is 0 Å². The molecule has 0 saturated heterocycles. The molecule has 4 heteroatoms. The molecule has 19 heavy (non-hydrogen) atoms. The van der Waals surface area contributed by atoms with E-state index < -0.39 is 0 Å².